The second-order valence-electron chi connectivity index (χ2n) is 5.72. The van der Waals surface area contributed by atoms with Gasteiger partial charge in [-0.3, -0.25) is 0 Å². The van der Waals surface area contributed by atoms with E-state index in [1.807, 2.05) is 0 Å². The van der Waals surface area contributed by atoms with Crippen LogP contribution in [0.2, 0.25) is 0 Å². The van der Waals surface area contributed by atoms with Gasteiger partial charge in [0.1, 0.15) is 0 Å². The van der Waals surface area contributed by atoms with Crippen molar-refractivity contribution in [2.24, 2.45) is 5.92 Å². The van der Waals surface area contributed by atoms with Gasteiger partial charge in [0, 0.05) is 32.3 Å². The highest BCUT2D eigenvalue weighted by Crippen LogP contribution is 2.15. The van der Waals surface area contributed by atoms with Crippen LogP contribution in [0.25, 0.3) is 0 Å². The molecule has 1 heterocycles. The molecule has 0 aromatic rings. The number of nitrogens with zero attached hydrogens (tertiary/aromatic N) is 1. The van der Waals surface area contributed by atoms with Gasteiger partial charge in [0.25, 0.3) is 0 Å². The molecule has 0 saturated carbocycles. The lowest BCUT2D eigenvalue weighted by Gasteiger charge is -2.30. The molecule has 1 aliphatic rings. The molecule has 18 heavy (non-hydrogen) atoms. The summed E-state index contributed by atoms with van der Waals surface area (Å²) >= 11 is 0. The normalized spacial score (nSPS) is 19.3. The van der Waals surface area contributed by atoms with Gasteiger partial charge >= 0.3 is 0 Å². The maximum Gasteiger partial charge on any atom is 0.0469 e. The van der Waals surface area contributed by atoms with Crippen molar-refractivity contribution in [3.8, 4) is 0 Å². The Labute approximate surface area is 113 Å². The molecule has 1 saturated heterocycles. The topological polar surface area (TPSA) is 24.5 Å². The minimum atomic E-state index is 0.666. The van der Waals surface area contributed by atoms with Crippen molar-refractivity contribution in [1.82, 2.24) is 10.2 Å². The van der Waals surface area contributed by atoms with Gasteiger partial charge in [-0.1, -0.05) is 20.3 Å². The van der Waals surface area contributed by atoms with Crippen LogP contribution in [0.3, 0.4) is 0 Å². The summed E-state index contributed by atoms with van der Waals surface area (Å²) in [5.74, 6) is 0.845. The summed E-state index contributed by atoms with van der Waals surface area (Å²) in [7, 11) is 2.27. The molecule has 1 atom stereocenters. The standard InChI is InChI=1S/C15H32N2O/c1-4-6-15(16-9-5-2)13-17(3)12-14-7-10-18-11-8-14/h14-16H,4-13H2,1-3H3. The van der Waals surface area contributed by atoms with Crippen LogP contribution in [-0.2, 0) is 4.74 Å². The Kier molecular flexibility index (Phi) is 8.64. The molecule has 1 N–H and O–H groups in total. The van der Waals surface area contributed by atoms with Gasteiger partial charge in [-0.15, -0.1) is 0 Å². The number of hydrogen-bond acceptors (Lipinski definition) is 3. The summed E-state index contributed by atoms with van der Waals surface area (Å²) in [6.45, 7) is 10.0. The summed E-state index contributed by atoms with van der Waals surface area (Å²) in [6.07, 6.45) is 6.27. The molecule has 1 rings (SSSR count). The molecule has 1 aliphatic heterocycles. The van der Waals surface area contributed by atoms with Gasteiger partial charge in [0.2, 0.25) is 0 Å². The number of likely N-dealkylation sites (N-methyl/N-ethyl adjacent to an activating group) is 1. The fraction of sp³-hybridized carbons (Fsp3) is 1.00. The Bertz CT molecular complexity index is 193. The quantitative estimate of drug-likeness (QED) is 0.686. The van der Waals surface area contributed by atoms with Crippen LogP contribution in [-0.4, -0.2) is 50.8 Å². The molecule has 0 amide bonds. The third-order valence-electron chi connectivity index (χ3n) is 3.76. The number of hydrogen-bond donors (Lipinski definition) is 1. The molecule has 0 aromatic heterocycles. The van der Waals surface area contributed by atoms with E-state index in [0.29, 0.717) is 6.04 Å². The highest BCUT2D eigenvalue weighted by atomic mass is 16.5. The maximum atomic E-state index is 5.42. The van der Waals surface area contributed by atoms with Gasteiger partial charge in [-0.2, -0.15) is 0 Å². The lowest BCUT2D eigenvalue weighted by molar-refractivity contribution is 0.0546. The van der Waals surface area contributed by atoms with E-state index < -0.39 is 0 Å². The van der Waals surface area contributed by atoms with Gasteiger partial charge in [-0.05, 0) is 45.2 Å². The zero-order chi connectivity index (χ0) is 13.2. The van der Waals surface area contributed by atoms with Crippen LogP contribution < -0.4 is 5.32 Å². The minimum absolute atomic E-state index is 0.666. The fourth-order valence-corrected chi connectivity index (χ4v) is 2.78. The SMILES string of the molecule is CCCNC(CCC)CN(C)CC1CCOCC1. The van der Waals surface area contributed by atoms with Crippen LogP contribution in [0.15, 0.2) is 0 Å². The second kappa shape index (κ2) is 9.76. The molecular weight excluding hydrogens is 224 g/mol. The summed E-state index contributed by atoms with van der Waals surface area (Å²) < 4.78 is 5.42. The number of ether oxygens (including phenoxy) is 1. The van der Waals surface area contributed by atoms with Crippen LogP contribution in [0.1, 0.15) is 46.0 Å². The lowest BCUT2D eigenvalue weighted by Crippen LogP contribution is -2.42. The first-order valence-corrected chi connectivity index (χ1v) is 7.75. The van der Waals surface area contributed by atoms with E-state index in [1.54, 1.807) is 0 Å². The molecular formula is C15H32N2O. The molecule has 3 nitrogen and oxygen atoms in total. The van der Waals surface area contributed by atoms with E-state index in [1.165, 1.54) is 45.2 Å². The second-order valence-corrected chi connectivity index (χ2v) is 5.72. The molecule has 1 unspecified atom stereocenters. The zero-order valence-corrected chi connectivity index (χ0v) is 12.6. The van der Waals surface area contributed by atoms with Crippen LogP contribution in [0.5, 0.6) is 0 Å². The molecule has 0 radical (unpaired) electrons. The fourth-order valence-electron chi connectivity index (χ4n) is 2.78. The third kappa shape index (κ3) is 6.72. The summed E-state index contributed by atoms with van der Waals surface area (Å²) in [5, 5.41) is 3.67. The summed E-state index contributed by atoms with van der Waals surface area (Å²) in [4.78, 5) is 2.51. The first-order valence-electron chi connectivity index (χ1n) is 7.75. The van der Waals surface area contributed by atoms with E-state index in [2.05, 4.69) is 31.1 Å². The predicted octanol–water partition coefficient (Wildman–Crippen LogP) is 2.51. The summed E-state index contributed by atoms with van der Waals surface area (Å²) in [5.41, 5.74) is 0. The van der Waals surface area contributed by atoms with E-state index in [9.17, 15) is 0 Å². The van der Waals surface area contributed by atoms with Gasteiger partial charge in [0.05, 0.1) is 0 Å². The first kappa shape index (κ1) is 15.9. The number of rotatable bonds is 9. The van der Waals surface area contributed by atoms with Crippen molar-refractivity contribution < 1.29 is 4.74 Å². The highest BCUT2D eigenvalue weighted by molar-refractivity contribution is 4.73. The average Bonchev–Trinajstić information content (AvgIpc) is 2.37. The highest BCUT2D eigenvalue weighted by Gasteiger charge is 2.17. The molecule has 3 heteroatoms. The van der Waals surface area contributed by atoms with Crippen molar-refractivity contribution in [3.05, 3.63) is 0 Å². The molecule has 0 spiro atoms. The zero-order valence-electron chi connectivity index (χ0n) is 12.6. The van der Waals surface area contributed by atoms with Crippen molar-refractivity contribution in [2.45, 2.75) is 52.0 Å². The largest absolute Gasteiger partial charge is 0.381 e. The Morgan fingerprint density at radius 2 is 1.94 bits per heavy atom. The van der Waals surface area contributed by atoms with E-state index in [-0.39, 0.29) is 0 Å². The van der Waals surface area contributed by atoms with Gasteiger partial charge in [0.15, 0.2) is 0 Å². The smallest absolute Gasteiger partial charge is 0.0469 e. The average molecular weight is 256 g/mol. The Morgan fingerprint density at radius 1 is 1.22 bits per heavy atom. The van der Waals surface area contributed by atoms with E-state index in [0.717, 1.165) is 25.7 Å². The lowest BCUT2D eigenvalue weighted by atomic mass is 9.99. The molecule has 0 aliphatic carbocycles. The minimum Gasteiger partial charge on any atom is -0.381 e. The molecule has 1 fully saturated rings. The predicted molar refractivity (Wildman–Crippen MR) is 78.0 cm³/mol. The summed E-state index contributed by atoms with van der Waals surface area (Å²) in [6, 6.07) is 0.666. The van der Waals surface area contributed by atoms with Crippen molar-refractivity contribution in [2.75, 3.05) is 39.9 Å². The Morgan fingerprint density at radius 3 is 2.56 bits per heavy atom. The van der Waals surface area contributed by atoms with Crippen molar-refractivity contribution in [3.63, 3.8) is 0 Å². The van der Waals surface area contributed by atoms with E-state index >= 15 is 0 Å². The third-order valence-corrected chi connectivity index (χ3v) is 3.76. The van der Waals surface area contributed by atoms with Crippen LogP contribution in [0.4, 0.5) is 0 Å². The van der Waals surface area contributed by atoms with Gasteiger partial charge in [-0.25, -0.2) is 0 Å². The van der Waals surface area contributed by atoms with Gasteiger partial charge < -0.3 is 15.0 Å². The molecule has 0 bridgehead atoms. The first-order chi connectivity index (χ1) is 8.76. The molecule has 108 valence electrons. The molecule has 0 aromatic carbocycles. The number of nitrogens with one attached hydrogen (secondary N) is 1. The Hall–Kier alpha value is -0.120. The van der Waals surface area contributed by atoms with Crippen molar-refractivity contribution in [1.29, 1.82) is 0 Å². The van der Waals surface area contributed by atoms with E-state index in [4.69, 9.17) is 4.74 Å². The van der Waals surface area contributed by atoms with Crippen molar-refractivity contribution >= 4 is 0 Å². The van der Waals surface area contributed by atoms with Crippen LogP contribution in [0, 0.1) is 5.92 Å². The Balaban J connectivity index is 2.23. The monoisotopic (exact) mass is 256 g/mol. The van der Waals surface area contributed by atoms with Crippen LogP contribution >= 0.6 is 0 Å². The maximum absolute atomic E-state index is 5.42.